The number of ether oxygens (including phenoxy) is 1. The van der Waals surface area contributed by atoms with Crippen molar-refractivity contribution >= 4 is 11.7 Å². The number of rotatable bonds is 5. The minimum absolute atomic E-state index is 0.0308. The number of oxime groups is 1. The third kappa shape index (κ3) is 3.87. The van der Waals surface area contributed by atoms with Crippen LogP contribution in [0.1, 0.15) is 24.8 Å². The third-order valence-corrected chi connectivity index (χ3v) is 3.60. The molecule has 1 fully saturated rings. The number of aryl methyl sites for hydroxylation is 1. The predicted octanol–water partition coefficient (Wildman–Crippen LogP) is 1.50. The topological polar surface area (TPSA) is 88.2 Å². The molecule has 0 saturated carbocycles. The molecule has 0 bridgehead atoms. The summed E-state index contributed by atoms with van der Waals surface area (Å²) in [4.78, 5) is 13.8. The van der Waals surface area contributed by atoms with Crippen LogP contribution in [-0.4, -0.2) is 41.0 Å². The Kier molecular flexibility index (Phi) is 5.03. The molecule has 1 heterocycles. The Morgan fingerprint density at radius 1 is 1.57 bits per heavy atom. The van der Waals surface area contributed by atoms with Crippen molar-refractivity contribution in [2.24, 2.45) is 10.9 Å². The van der Waals surface area contributed by atoms with Gasteiger partial charge in [0.15, 0.2) is 5.84 Å². The molecule has 1 aromatic carbocycles. The first-order valence-electron chi connectivity index (χ1n) is 7.08. The molecule has 1 unspecified atom stereocenters. The van der Waals surface area contributed by atoms with Crippen LogP contribution in [0.5, 0.6) is 5.75 Å². The standard InChI is InChI=1S/C15H21N3O3/c1-11-4-2-5-12(10-11)21-9-7-14(19)18-8-3-6-13(18)15(16)17-20/h2,4-5,10,13,20H,3,6-9H2,1H3,(H2,16,17). The van der Waals surface area contributed by atoms with Crippen LogP contribution >= 0.6 is 0 Å². The molecule has 1 saturated heterocycles. The van der Waals surface area contributed by atoms with Crippen LogP contribution in [0.2, 0.25) is 0 Å². The van der Waals surface area contributed by atoms with Crippen LogP contribution in [0.3, 0.4) is 0 Å². The molecule has 6 nitrogen and oxygen atoms in total. The van der Waals surface area contributed by atoms with Crippen molar-refractivity contribution in [2.45, 2.75) is 32.2 Å². The second-order valence-electron chi connectivity index (χ2n) is 5.18. The molecule has 1 amide bonds. The number of amidine groups is 1. The van der Waals surface area contributed by atoms with Gasteiger partial charge in [-0.3, -0.25) is 4.79 Å². The van der Waals surface area contributed by atoms with Crippen LogP contribution in [0.25, 0.3) is 0 Å². The minimum atomic E-state index is -0.290. The van der Waals surface area contributed by atoms with Gasteiger partial charge in [0.1, 0.15) is 5.75 Å². The first-order valence-corrected chi connectivity index (χ1v) is 7.08. The maximum Gasteiger partial charge on any atom is 0.226 e. The molecule has 1 aliphatic rings. The monoisotopic (exact) mass is 291 g/mol. The lowest BCUT2D eigenvalue weighted by Crippen LogP contribution is -2.44. The number of amides is 1. The van der Waals surface area contributed by atoms with Gasteiger partial charge in [-0.05, 0) is 37.5 Å². The van der Waals surface area contributed by atoms with Crippen molar-refractivity contribution in [1.29, 1.82) is 0 Å². The summed E-state index contributed by atoms with van der Waals surface area (Å²) in [6.45, 7) is 2.95. The Morgan fingerprint density at radius 3 is 3.10 bits per heavy atom. The van der Waals surface area contributed by atoms with Crippen LogP contribution in [-0.2, 0) is 4.79 Å². The molecule has 1 atom stereocenters. The Balaban J connectivity index is 1.84. The second kappa shape index (κ2) is 6.97. The Hall–Kier alpha value is -2.24. The van der Waals surface area contributed by atoms with Gasteiger partial charge in [-0.15, -0.1) is 0 Å². The van der Waals surface area contributed by atoms with E-state index >= 15 is 0 Å². The van der Waals surface area contributed by atoms with E-state index in [-0.39, 0.29) is 24.2 Å². The largest absolute Gasteiger partial charge is 0.493 e. The molecule has 114 valence electrons. The molecule has 3 N–H and O–H groups in total. The zero-order chi connectivity index (χ0) is 15.2. The maximum absolute atomic E-state index is 12.2. The maximum atomic E-state index is 12.2. The number of benzene rings is 1. The molecule has 6 heteroatoms. The summed E-state index contributed by atoms with van der Waals surface area (Å²) in [6.07, 6.45) is 1.88. The average Bonchev–Trinajstić information content (AvgIpc) is 2.96. The van der Waals surface area contributed by atoms with Crippen molar-refractivity contribution in [3.05, 3.63) is 29.8 Å². The summed E-state index contributed by atoms with van der Waals surface area (Å²) in [6, 6.07) is 7.42. The highest BCUT2D eigenvalue weighted by molar-refractivity contribution is 5.90. The quantitative estimate of drug-likeness (QED) is 0.372. The molecule has 2 rings (SSSR count). The summed E-state index contributed by atoms with van der Waals surface area (Å²) in [5.41, 5.74) is 6.73. The minimum Gasteiger partial charge on any atom is -0.493 e. The van der Waals surface area contributed by atoms with E-state index in [4.69, 9.17) is 15.7 Å². The van der Waals surface area contributed by atoms with E-state index in [0.717, 1.165) is 24.2 Å². The zero-order valence-corrected chi connectivity index (χ0v) is 12.2. The smallest absolute Gasteiger partial charge is 0.226 e. The number of hydrogen-bond acceptors (Lipinski definition) is 4. The fourth-order valence-corrected chi connectivity index (χ4v) is 2.54. The van der Waals surface area contributed by atoms with Gasteiger partial charge in [-0.1, -0.05) is 17.3 Å². The highest BCUT2D eigenvalue weighted by Gasteiger charge is 2.31. The number of carbonyl (C=O) groups is 1. The number of carbonyl (C=O) groups excluding carboxylic acids is 1. The van der Waals surface area contributed by atoms with E-state index in [1.54, 1.807) is 4.90 Å². The molecule has 0 radical (unpaired) electrons. The Bertz CT molecular complexity index is 531. The molecule has 1 aromatic rings. The highest BCUT2D eigenvalue weighted by Crippen LogP contribution is 2.19. The first kappa shape index (κ1) is 15.2. The van der Waals surface area contributed by atoms with Gasteiger partial charge in [0, 0.05) is 6.54 Å². The van der Waals surface area contributed by atoms with Crippen molar-refractivity contribution < 1.29 is 14.7 Å². The number of hydrogen-bond donors (Lipinski definition) is 2. The summed E-state index contributed by atoms with van der Waals surface area (Å²) in [5, 5.41) is 11.8. The lowest BCUT2D eigenvalue weighted by atomic mass is 10.2. The van der Waals surface area contributed by atoms with E-state index in [1.165, 1.54) is 0 Å². The normalized spacial score (nSPS) is 18.8. The molecular weight excluding hydrogens is 270 g/mol. The van der Waals surface area contributed by atoms with Crippen LogP contribution < -0.4 is 10.5 Å². The number of nitrogens with two attached hydrogens (primary N) is 1. The molecule has 0 spiro atoms. The van der Waals surface area contributed by atoms with Gasteiger partial charge in [-0.25, -0.2) is 0 Å². The van der Waals surface area contributed by atoms with Crippen LogP contribution in [0, 0.1) is 6.92 Å². The molecule has 0 aromatic heterocycles. The predicted molar refractivity (Wildman–Crippen MR) is 79.4 cm³/mol. The Morgan fingerprint density at radius 2 is 2.38 bits per heavy atom. The molecular formula is C15H21N3O3. The summed E-state index contributed by atoms with van der Waals surface area (Å²) < 4.78 is 5.58. The van der Waals surface area contributed by atoms with Gasteiger partial charge in [0.2, 0.25) is 5.91 Å². The second-order valence-corrected chi connectivity index (χ2v) is 5.18. The SMILES string of the molecule is Cc1cccc(OCCC(=O)N2CCCC2C(N)=NO)c1. The number of likely N-dealkylation sites (tertiary alicyclic amines) is 1. The van der Waals surface area contributed by atoms with Crippen molar-refractivity contribution in [3.63, 3.8) is 0 Å². The summed E-state index contributed by atoms with van der Waals surface area (Å²) in [7, 11) is 0. The average molecular weight is 291 g/mol. The van der Waals surface area contributed by atoms with Gasteiger partial charge in [0.05, 0.1) is 19.1 Å². The highest BCUT2D eigenvalue weighted by atomic mass is 16.5. The molecule has 21 heavy (non-hydrogen) atoms. The van der Waals surface area contributed by atoms with E-state index in [2.05, 4.69) is 5.16 Å². The first-order chi connectivity index (χ1) is 10.1. The van der Waals surface area contributed by atoms with Crippen molar-refractivity contribution in [2.75, 3.05) is 13.2 Å². The van der Waals surface area contributed by atoms with Gasteiger partial charge in [-0.2, -0.15) is 0 Å². The van der Waals surface area contributed by atoms with E-state index in [0.29, 0.717) is 13.2 Å². The van der Waals surface area contributed by atoms with Gasteiger partial charge in [0.25, 0.3) is 0 Å². The lowest BCUT2D eigenvalue weighted by Gasteiger charge is -2.23. The fraction of sp³-hybridized carbons (Fsp3) is 0.467. The van der Waals surface area contributed by atoms with E-state index < -0.39 is 0 Å². The lowest BCUT2D eigenvalue weighted by molar-refractivity contribution is -0.131. The van der Waals surface area contributed by atoms with Crippen molar-refractivity contribution in [1.82, 2.24) is 4.90 Å². The van der Waals surface area contributed by atoms with E-state index in [1.807, 2.05) is 31.2 Å². The van der Waals surface area contributed by atoms with Crippen LogP contribution in [0.15, 0.2) is 29.4 Å². The molecule has 0 aliphatic carbocycles. The number of nitrogens with zero attached hydrogens (tertiary/aromatic N) is 2. The zero-order valence-electron chi connectivity index (χ0n) is 12.2. The summed E-state index contributed by atoms with van der Waals surface area (Å²) in [5.74, 6) is 0.828. The fourth-order valence-electron chi connectivity index (χ4n) is 2.54. The summed E-state index contributed by atoms with van der Waals surface area (Å²) >= 11 is 0. The third-order valence-electron chi connectivity index (χ3n) is 3.60. The van der Waals surface area contributed by atoms with E-state index in [9.17, 15) is 4.79 Å². The Labute approximate surface area is 124 Å². The van der Waals surface area contributed by atoms with Gasteiger partial charge < -0.3 is 20.6 Å². The van der Waals surface area contributed by atoms with Crippen LogP contribution in [0.4, 0.5) is 0 Å². The van der Waals surface area contributed by atoms with Gasteiger partial charge >= 0.3 is 0 Å². The van der Waals surface area contributed by atoms with Crippen molar-refractivity contribution in [3.8, 4) is 5.75 Å². The molecule has 1 aliphatic heterocycles.